The van der Waals surface area contributed by atoms with Crippen molar-refractivity contribution in [2.75, 3.05) is 20.2 Å². The monoisotopic (exact) mass is 325 g/mol. The van der Waals surface area contributed by atoms with Gasteiger partial charge in [0.15, 0.2) is 6.10 Å². The van der Waals surface area contributed by atoms with Crippen LogP contribution in [0.3, 0.4) is 0 Å². The van der Waals surface area contributed by atoms with Crippen LogP contribution >= 0.6 is 0 Å². The molecule has 0 radical (unpaired) electrons. The fraction of sp³-hybridized carbons (Fsp3) is 0.533. The summed E-state index contributed by atoms with van der Waals surface area (Å²) in [7, 11) is -2.22. The van der Waals surface area contributed by atoms with E-state index in [2.05, 4.69) is 0 Å². The molecule has 1 saturated heterocycles. The number of carboxylic acids is 1. The van der Waals surface area contributed by atoms with E-state index >= 15 is 0 Å². The Hall–Kier alpha value is -1.44. The van der Waals surface area contributed by atoms with Crippen molar-refractivity contribution in [3.8, 4) is 0 Å². The van der Waals surface area contributed by atoms with Crippen LogP contribution in [0.25, 0.3) is 0 Å². The average Bonchev–Trinajstić information content (AvgIpc) is 3.26. The lowest BCUT2D eigenvalue weighted by Gasteiger charge is -2.40. The van der Waals surface area contributed by atoms with Crippen molar-refractivity contribution in [1.82, 2.24) is 4.31 Å². The van der Waals surface area contributed by atoms with Crippen molar-refractivity contribution in [3.05, 3.63) is 29.8 Å². The van der Waals surface area contributed by atoms with E-state index in [1.165, 1.54) is 11.4 Å². The Morgan fingerprint density at radius 2 is 2.05 bits per heavy atom. The number of nitrogens with zero attached hydrogens (tertiary/aromatic N) is 1. The van der Waals surface area contributed by atoms with Gasteiger partial charge >= 0.3 is 5.97 Å². The summed E-state index contributed by atoms with van der Waals surface area (Å²) in [5.74, 6) is -0.867. The Kier molecular flexibility index (Phi) is 3.96. The number of hydrogen-bond acceptors (Lipinski definition) is 4. The van der Waals surface area contributed by atoms with Gasteiger partial charge in [0.25, 0.3) is 0 Å². The molecule has 22 heavy (non-hydrogen) atoms. The number of sulfonamides is 1. The third-order valence-corrected chi connectivity index (χ3v) is 6.17. The zero-order valence-electron chi connectivity index (χ0n) is 12.3. The van der Waals surface area contributed by atoms with Gasteiger partial charge in [0.2, 0.25) is 10.0 Å². The van der Waals surface area contributed by atoms with Gasteiger partial charge in [-0.3, -0.25) is 0 Å². The molecule has 1 heterocycles. The molecule has 1 unspecified atom stereocenters. The van der Waals surface area contributed by atoms with Crippen molar-refractivity contribution >= 4 is 16.0 Å². The summed E-state index contributed by atoms with van der Waals surface area (Å²) in [4.78, 5) is 11.3. The molecule has 7 heteroatoms. The first kappa shape index (κ1) is 15.5. The third kappa shape index (κ3) is 2.76. The summed E-state index contributed by atoms with van der Waals surface area (Å²) in [5.41, 5.74) is 1.07. The number of carbonyl (C=O) groups is 1. The van der Waals surface area contributed by atoms with Crippen LogP contribution < -0.4 is 0 Å². The molecule has 2 aliphatic rings. The molecule has 6 nitrogen and oxygen atoms in total. The molecule has 3 rings (SSSR count). The lowest BCUT2D eigenvalue weighted by molar-refractivity contribution is -0.154. The maximum atomic E-state index is 12.6. The minimum atomic E-state index is -3.55. The van der Waals surface area contributed by atoms with Gasteiger partial charge in [-0.25, -0.2) is 13.2 Å². The second-order valence-electron chi connectivity index (χ2n) is 5.92. The van der Waals surface area contributed by atoms with Gasteiger partial charge in [0.05, 0.1) is 4.90 Å². The Bertz CT molecular complexity index is 677. The first-order chi connectivity index (χ1) is 10.4. The van der Waals surface area contributed by atoms with Gasteiger partial charge in [-0.15, -0.1) is 0 Å². The van der Waals surface area contributed by atoms with E-state index in [-0.39, 0.29) is 19.0 Å². The fourth-order valence-electron chi connectivity index (χ4n) is 2.85. The van der Waals surface area contributed by atoms with Gasteiger partial charge in [-0.05, 0) is 36.5 Å². The van der Waals surface area contributed by atoms with Crippen molar-refractivity contribution in [2.45, 2.75) is 29.8 Å². The molecule has 0 bridgehead atoms. The minimum absolute atomic E-state index is 0.181. The number of ether oxygens (including phenoxy) is 1. The molecule has 2 fully saturated rings. The predicted octanol–water partition coefficient (Wildman–Crippen LogP) is 1.28. The van der Waals surface area contributed by atoms with E-state index in [0.29, 0.717) is 10.8 Å². The maximum Gasteiger partial charge on any atom is 0.333 e. The molecule has 1 aromatic carbocycles. The van der Waals surface area contributed by atoms with Gasteiger partial charge in [0.1, 0.15) is 0 Å². The molecular formula is C15H19NO5S. The number of benzene rings is 1. The van der Waals surface area contributed by atoms with Gasteiger partial charge in [-0.1, -0.05) is 12.1 Å². The Morgan fingerprint density at radius 1 is 1.36 bits per heavy atom. The summed E-state index contributed by atoms with van der Waals surface area (Å²) in [6.45, 7) is 0.363. The van der Waals surface area contributed by atoms with Crippen LogP contribution in [0.4, 0.5) is 0 Å². The second kappa shape index (κ2) is 5.64. The number of rotatable bonds is 6. The molecule has 120 valence electrons. The maximum absolute atomic E-state index is 12.6. The van der Waals surface area contributed by atoms with E-state index in [9.17, 15) is 13.2 Å². The molecule has 1 aromatic rings. The van der Waals surface area contributed by atoms with Gasteiger partial charge < -0.3 is 9.84 Å². The van der Waals surface area contributed by atoms with E-state index in [0.717, 1.165) is 18.4 Å². The highest BCUT2D eigenvalue weighted by atomic mass is 32.2. The predicted molar refractivity (Wildman–Crippen MR) is 79.1 cm³/mol. The first-order valence-corrected chi connectivity index (χ1v) is 8.73. The van der Waals surface area contributed by atoms with E-state index in [1.54, 1.807) is 18.2 Å². The van der Waals surface area contributed by atoms with E-state index in [4.69, 9.17) is 9.84 Å². The normalized spacial score (nSPS) is 21.3. The van der Waals surface area contributed by atoms with Crippen molar-refractivity contribution < 1.29 is 23.1 Å². The van der Waals surface area contributed by atoms with Gasteiger partial charge in [-0.2, -0.15) is 4.31 Å². The highest BCUT2D eigenvalue weighted by molar-refractivity contribution is 7.89. The summed E-state index contributed by atoms with van der Waals surface area (Å²) in [6.07, 6.45) is 1.27. The Labute approximate surface area is 129 Å². The molecule has 0 amide bonds. The first-order valence-electron chi connectivity index (χ1n) is 7.29. The second-order valence-corrected chi connectivity index (χ2v) is 7.86. The smallest absolute Gasteiger partial charge is 0.333 e. The number of methoxy groups -OCH3 is 1. The van der Waals surface area contributed by atoms with Crippen LogP contribution in [0, 0.1) is 5.92 Å². The van der Waals surface area contributed by atoms with Crippen molar-refractivity contribution in [2.24, 2.45) is 5.92 Å². The SMILES string of the molecule is COC(C(=O)O)C1CN(S(=O)(=O)c2cccc(C3CC3)c2)C1. The van der Waals surface area contributed by atoms with Crippen LogP contribution in [0.15, 0.2) is 29.2 Å². The Morgan fingerprint density at radius 3 is 2.59 bits per heavy atom. The van der Waals surface area contributed by atoms with Crippen LogP contribution in [-0.2, 0) is 19.6 Å². The van der Waals surface area contributed by atoms with Gasteiger partial charge in [0, 0.05) is 26.1 Å². The molecule has 1 N–H and O–H groups in total. The summed E-state index contributed by atoms with van der Waals surface area (Å²) < 4.78 is 31.4. The third-order valence-electron chi connectivity index (χ3n) is 4.35. The zero-order chi connectivity index (χ0) is 15.9. The van der Waals surface area contributed by atoms with Crippen LogP contribution in [-0.4, -0.2) is 50.1 Å². The molecule has 1 aliphatic heterocycles. The number of hydrogen-bond donors (Lipinski definition) is 1. The highest BCUT2D eigenvalue weighted by Crippen LogP contribution is 2.41. The lowest BCUT2D eigenvalue weighted by atomic mass is 9.96. The molecule has 1 saturated carbocycles. The van der Waals surface area contributed by atoms with Crippen LogP contribution in [0.2, 0.25) is 0 Å². The zero-order valence-corrected chi connectivity index (χ0v) is 13.1. The average molecular weight is 325 g/mol. The van der Waals surface area contributed by atoms with Crippen LogP contribution in [0.5, 0.6) is 0 Å². The number of aliphatic carboxylic acids is 1. The van der Waals surface area contributed by atoms with Crippen molar-refractivity contribution in [3.63, 3.8) is 0 Å². The Balaban J connectivity index is 1.72. The molecule has 1 atom stereocenters. The molecule has 0 aromatic heterocycles. The topological polar surface area (TPSA) is 83.9 Å². The fourth-order valence-corrected chi connectivity index (χ4v) is 4.46. The number of carboxylic acid groups (broad SMARTS) is 1. The van der Waals surface area contributed by atoms with E-state index < -0.39 is 22.1 Å². The van der Waals surface area contributed by atoms with E-state index in [1.807, 2.05) is 6.07 Å². The van der Waals surface area contributed by atoms with Crippen molar-refractivity contribution in [1.29, 1.82) is 0 Å². The molecule has 0 spiro atoms. The molecule has 1 aliphatic carbocycles. The summed E-state index contributed by atoms with van der Waals surface area (Å²) >= 11 is 0. The van der Waals surface area contributed by atoms with Crippen LogP contribution in [0.1, 0.15) is 24.3 Å². The quantitative estimate of drug-likeness (QED) is 0.852. The standard InChI is InChI=1S/C15H19NO5S/c1-21-14(15(17)18)12-8-16(9-12)22(19,20)13-4-2-3-11(7-13)10-5-6-10/h2-4,7,10,12,14H,5-6,8-9H2,1H3,(H,17,18). The lowest BCUT2D eigenvalue weighted by Crippen LogP contribution is -2.56. The highest BCUT2D eigenvalue weighted by Gasteiger charge is 2.43. The largest absolute Gasteiger partial charge is 0.479 e. The summed E-state index contributed by atoms with van der Waals surface area (Å²) in [6, 6.07) is 7.07. The summed E-state index contributed by atoms with van der Waals surface area (Å²) in [5, 5.41) is 9.03. The minimum Gasteiger partial charge on any atom is -0.479 e. The molecular weight excluding hydrogens is 306 g/mol.